The lowest BCUT2D eigenvalue weighted by Crippen LogP contribution is -2.36. The minimum atomic E-state index is 0.0772. The Labute approximate surface area is 85.5 Å². The summed E-state index contributed by atoms with van der Waals surface area (Å²) >= 11 is 0. The van der Waals surface area contributed by atoms with Crippen LogP contribution in [0.15, 0.2) is 17.1 Å². The van der Waals surface area contributed by atoms with Crippen molar-refractivity contribution in [3.63, 3.8) is 0 Å². The Bertz CT molecular complexity index is 229. The Hall–Kier alpha value is -0.670. The first-order valence-electron chi connectivity index (χ1n) is 5.37. The quantitative estimate of drug-likeness (QED) is 0.664. The molecular weight excluding hydrogens is 176 g/mol. The van der Waals surface area contributed by atoms with Crippen LogP contribution < -0.4 is 0 Å². The monoisotopic (exact) mass is 194 g/mol. The number of allylic oxidation sites excluding steroid dienone is 1. The summed E-state index contributed by atoms with van der Waals surface area (Å²) < 4.78 is 5.90. The van der Waals surface area contributed by atoms with Crippen molar-refractivity contribution in [2.45, 2.75) is 31.6 Å². The van der Waals surface area contributed by atoms with Crippen molar-refractivity contribution in [2.75, 3.05) is 20.1 Å². The highest BCUT2D eigenvalue weighted by molar-refractivity contribution is 5.71. The number of aliphatic imine (C=N–C) groups is 1. The van der Waals surface area contributed by atoms with E-state index in [1.165, 1.54) is 0 Å². The third-order valence-electron chi connectivity index (χ3n) is 2.83. The maximum absolute atomic E-state index is 5.90. The summed E-state index contributed by atoms with van der Waals surface area (Å²) in [5.74, 6) is 0. The molecule has 0 amide bonds. The molecule has 0 saturated carbocycles. The predicted molar refractivity (Wildman–Crippen MR) is 57.6 cm³/mol. The summed E-state index contributed by atoms with van der Waals surface area (Å²) in [4.78, 5) is 6.65. The van der Waals surface area contributed by atoms with Gasteiger partial charge in [-0.2, -0.15) is 0 Å². The largest absolute Gasteiger partial charge is 0.353 e. The van der Waals surface area contributed by atoms with Gasteiger partial charge in [-0.3, -0.25) is 4.99 Å². The van der Waals surface area contributed by atoms with Gasteiger partial charge >= 0.3 is 0 Å². The van der Waals surface area contributed by atoms with E-state index in [1.54, 1.807) is 0 Å². The summed E-state index contributed by atoms with van der Waals surface area (Å²) in [7, 11) is 2.16. The van der Waals surface area contributed by atoms with E-state index in [9.17, 15) is 0 Å². The Morgan fingerprint density at radius 3 is 2.79 bits per heavy atom. The fraction of sp³-hybridized carbons (Fsp3) is 0.727. The normalized spacial score (nSPS) is 29.6. The number of piperidine rings is 1. The molecule has 1 fully saturated rings. The van der Waals surface area contributed by atoms with Crippen molar-refractivity contribution < 1.29 is 4.74 Å². The Morgan fingerprint density at radius 2 is 2.14 bits per heavy atom. The van der Waals surface area contributed by atoms with Crippen molar-refractivity contribution in [2.24, 2.45) is 4.99 Å². The molecule has 3 heteroatoms. The van der Waals surface area contributed by atoms with Gasteiger partial charge in [-0.15, -0.1) is 0 Å². The molecule has 0 N–H and O–H groups in total. The minimum absolute atomic E-state index is 0.0772. The van der Waals surface area contributed by atoms with Gasteiger partial charge in [0.15, 0.2) is 6.23 Å². The molecule has 2 aliphatic heterocycles. The topological polar surface area (TPSA) is 24.8 Å². The molecule has 0 spiro atoms. The van der Waals surface area contributed by atoms with Crippen molar-refractivity contribution >= 4 is 6.21 Å². The van der Waals surface area contributed by atoms with E-state index < -0.39 is 0 Å². The van der Waals surface area contributed by atoms with Crippen molar-refractivity contribution in [1.82, 2.24) is 4.90 Å². The summed E-state index contributed by atoms with van der Waals surface area (Å²) in [6.45, 7) is 2.30. The molecule has 0 aromatic carbocycles. The smallest absolute Gasteiger partial charge is 0.152 e. The number of nitrogens with zero attached hydrogens (tertiary/aromatic N) is 2. The standard InChI is InChI=1S/C11H18N2O/c1-13-8-5-10(6-9-13)14-11-4-2-3-7-12-11/h2-3,7,10-11H,4-6,8-9H2,1H3. The maximum atomic E-state index is 5.90. The van der Waals surface area contributed by atoms with Gasteiger partial charge in [-0.05, 0) is 26.0 Å². The second kappa shape index (κ2) is 4.71. The third-order valence-corrected chi connectivity index (χ3v) is 2.83. The van der Waals surface area contributed by atoms with Crippen LogP contribution in [-0.4, -0.2) is 43.6 Å². The van der Waals surface area contributed by atoms with Gasteiger partial charge < -0.3 is 9.64 Å². The zero-order valence-corrected chi connectivity index (χ0v) is 8.72. The zero-order chi connectivity index (χ0) is 9.80. The van der Waals surface area contributed by atoms with E-state index in [0.29, 0.717) is 6.10 Å². The minimum Gasteiger partial charge on any atom is -0.353 e. The van der Waals surface area contributed by atoms with Gasteiger partial charge in [0.1, 0.15) is 0 Å². The second-order valence-corrected chi connectivity index (χ2v) is 4.06. The summed E-state index contributed by atoms with van der Waals surface area (Å²) in [6.07, 6.45) is 9.65. The van der Waals surface area contributed by atoms with Crippen molar-refractivity contribution in [3.8, 4) is 0 Å². The lowest BCUT2D eigenvalue weighted by Gasteiger charge is -2.30. The van der Waals surface area contributed by atoms with E-state index in [2.05, 4.69) is 23.0 Å². The van der Waals surface area contributed by atoms with Crippen LogP contribution in [0.2, 0.25) is 0 Å². The van der Waals surface area contributed by atoms with Crippen LogP contribution >= 0.6 is 0 Å². The fourth-order valence-corrected chi connectivity index (χ4v) is 1.90. The van der Waals surface area contributed by atoms with E-state index in [1.807, 2.05) is 12.3 Å². The summed E-state index contributed by atoms with van der Waals surface area (Å²) in [5, 5.41) is 0. The zero-order valence-electron chi connectivity index (χ0n) is 8.72. The van der Waals surface area contributed by atoms with Crippen LogP contribution in [0, 0.1) is 0 Å². The lowest BCUT2D eigenvalue weighted by molar-refractivity contribution is -0.0341. The van der Waals surface area contributed by atoms with Crippen LogP contribution in [0.5, 0.6) is 0 Å². The molecule has 2 rings (SSSR count). The molecule has 0 aromatic rings. The predicted octanol–water partition coefficient (Wildman–Crippen LogP) is 1.45. The van der Waals surface area contributed by atoms with Gasteiger partial charge in [0.2, 0.25) is 0 Å². The molecule has 14 heavy (non-hydrogen) atoms. The van der Waals surface area contributed by atoms with E-state index in [4.69, 9.17) is 4.74 Å². The molecule has 78 valence electrons. The molecule has 0 radical (unpaired) electrons. The molecule has 0 aliphatic carbocycles. The Morgan fingerprint density at radius 1 is 1.36 bits per heavy atom. The van der Waals surface area contributed by atoms with Crippen LogP contribution in [0.25, 0.3) is 0 Å². The van der Waals surface area contributed by atoms with Gasteiger partial charge in [0, 0.05) is 25.7 Å². The van der Waals surface area contributed by atoms with Crippen LogP contribution in [0.1, 0.15) is 19.3 Å². The average Bonchev–Trinajstić information content (AvgIpc) is 2.23. The molecule has 1 atom stereocenters. The van der Waals surface area contributed by atoms with E-state index in [-0.39, 0.29) is 6.23 Å². The highest BCUT2D eigenvalue weighted by Crippen LogP contribution is 2.17. The molecule has 0 aromatic heterocycles. The molecule has 0 bridgehead atoms. The number of hydrogen-bond donors (Lipinski definition) is 0. The third kappa shape index (κ3) is 2.66. The highest BCUT2D eigenvalue weighted by atomic mass is 16.5. The number of rotatable bonds is 2. The number of ether oxygens (including phenoxy) is 1. The maximum Gasteiger partial charge on any atom is 0.152 e. The first kappa shape index (κ1) is 9.87. The highest BCUT2D eigenvalue weighted by Gasteiger charge is 2.20. The fourth-order valence-electron chi connectivity index (χ4n) is 1.90. The van der Waals surface area contributed by atoms with Crippen LogP contribution in [0.4, 0.5) is 0 Å². The first-order valence-corrected chi connectivity index (χ1v) is 5.37. The Kier molecular flexibility index (Phi) is 3.32. The second-order valence-electron chi connectivity index (χ2n) is 4.06. The van der Waals surface area contributed by atoms with Gasteiger partial charge in [0.05, 0.1) is 6.10 Å². The number of hydrogen-bond acceptors (Lipinski definition) is 3. The average molecular weight is 194 g/mol. The number of dihydropyridines is 1. The van der Waals surface area contributed by atoms with Crippen LogP contribution in [-0.2, 0) is 4.74 Å². The van der Waals surface area contributed by atoms with E-state index >= 15 is 0 Å². The summed E-state index contributed by atoms with van der Waals surface area (Å²) in [5.41, 5.74) is 0. The van der Waals surface area contributed by atoms with Gasteiger partial charge in [-0.1, -0.05) is 6.08 Å². The lowest BCUT2D eigenvalue weighted by atomic mass is 10.1. The van der Waals surface area contributed by atoms with Crippen LogP contribution in [0.3, 0.4) is 0 Å². The van der Waals surface area contributed by atoms with E-state index in [0.717, 1.165) is 32.4 Å². The Balaban J connectivity index is 1.75. The van der Waals surface area contributed by atoms with Crippen molar-refractivity contribution in [1.29, 1.82) is 0 Å². The van der Waals surface area contributed by atoms with Gasteiger partial charge in [-0.25, -0.2) is 0 Å². The molecule has 2 heterocycles. The number of likely N-dealkylation sites (tertiary alicyclic amines) is 1. The molecular formula is C11H18N2O. The van der Waals surface area contributed by atoms with Crippen molar-refractivity contribution in [3.05, 3.63) is 12.2 Å². The molecule has 3 nitrogen and oxygen atoms in total. The summed E-state index contributed by atoms with van der Waals surface area (Å²) in [6, 6.07) is 0. The first-order chi connectivity index (χ1) is 6.84. The SMILES string of the molecule is CN1CCC(OC2CC=CC=N2)CC1. The molecule has 1 unspecified atom stereocenters. The molecule has 2 aliphatic rings. The van der Waals surface area contributed by atoms with Gasteiger partial charge in [0.25, 0.3) is 0 Å². The molecule has 1 saturated heterocycles.